The molecule has 0 bridgehead atoms. The molecule has 1 fully saturated rings. The first-order valence-corrected chi connectivity index (χ1v) is 8.68. The Bertz CT molecular complexity index is 422. The van der Waals surface area contributed by atoms with Crippen molar-refractivity contribution in [3.63, 3.8) is 0 Å². The van der Waals surface area contributed by atoms with Crippen molar-refractivity contribution in [3.05, 3.63) is 47.5 Å². The SMILES string of the molecule is CCC(=C[C@@H](c1ccccc1)[C@@H](O)C1CCCCC1)CC. The highest BCUT2D eigenvalue weighted by molar-refractivity contribution is 5.27. The molecular formula is C20H30O. The van der Waals surface area contributed by atoms with Gasteiger partial charge in [-0.1, -0.05) is 75.1 Å². The molecule has 1 aliphatic carbocycles. The van der Waals surface area contributed by atoms with Crippen LogP contribution in [0.2, 0.25) is 0 Å². The lowest BCUT2D eigenvalue weighted by Gasteiger charge is -2.31. The molecule has 1 aliphatic rings. The van der Waals surface area contributed by atoms with Gasteiger partial charge in [0.25, 0.3) is 0 Å². The van der Waals surface area contributed by atoms with Gasteiger partial charge in [-0.2, -0.15) is 0 Å². The van der Waals surface area contributed by atoms with Crippen LogP contribution in [0.1, 0.15) is 70.3 Å². The first-order chi connectivity index (χ1) is 10.3. The van der Waals surface area contributed by atoms with Gasteiger partial charge in [0.1, 0.15) is 0 Å². The van der Waals surface area contributed by atoms with Gasteiger partial charge in [-0.15, -0.1) is 0 Å². The molecule has 1 N–H and O–H groups in total. The molecule has 0 aromatic heterocycles. The lowest BCUT2D eigenvalue weighted by Crippen LogP contribution is -2.28. The third kappa shape index (κ3) is 4.44. The molecule has 2 atom stereocenters. The van der Waals surface area contributed by atoms with Crippen LogP contribution in [-0.2, 0) is 0 Å². The molecule has 0 amide bonds. The topological polar surface area (TPSA) is 20.2 Å². The molecule has 1 aromatic carbocycles. The molecule has 116 valence electrons. The Balaban J connectivity index is 2.24. The highest BCUT2D eigenvalue weighted by Gasteiger charge is 2.28. The number of allylic oxidation sites excluding steroid dienone is 1. The van der Waals surface area contributed by atoms with Crippen molar-refractivity contribution in [1.29, 1.82) is 0 Å². The van der Waals surface area contributed by atoms with E-state index in [1.165, 1.54) is 43.2 Å². The van der Waals surface area contributed by atoms with Gasteiger partial charge in [0.15, 0.2) is 0 Å². The van der Waals surface area contributed by atoms with Crippen molar-refractivity contribution in [2.45, 2.75) is 70.8 Å². The Kier molecular flexibility index (Phi) is 6.50. The van der Waals surface area contributed by atoms with E-state index in [2.05, 4.69) is 50.3 Å². The first kappa shape index (κ1) is 16.3. The van der Waals surface area contributed by atoms with Crippen LogP contribution in [0.4, 0.5) is 0 Å². The summed E-state index contributed by atoms with van der Waals surface area (Å²) in [5.41, 5.74) is 2.72. The molecule has 0 saturated heterocycles. The minimum absolute atomic E-state index is 0.157. The molecule has 0 unspecified atom stereocenters. The molecule has 1 nitrogen and oxygen atoms in total. The van der Waals surface area contributed by atoms with Crippen molar-refractivity contribution < 1.29 is 5.11 Å². The molecule has 2 rings (SSSR count). The van der Waals surface area contributed by atoms with Crippen molar-refractivity contribution in [2.75, 3.05) is 0 Å². The molecule has 0 heterocycles. The maximum absolute atomic E-state index is 11.0. The Morgan fingerprint density at radius 3 is 2.29 bits per heavy atom. The first-order valence-electron chi connectivity index (χ1n) is 8.68. The van der Waals surface area contributed by atoms with Crippen molar-refractivity contribution in [2.24, 2.45) is 5.92 Å². The molecular weight excluding hydrogens is 256 g/mol. The van der Waals surface area contributed by atoms with Gasteiger partial charge in [0.05, 0.1) is 6.10 Å². The number of rotatable bonds is 6. The Morgan fingerprint density at radius 1 is 1.10 bits per heavy atom. The maximum Gasteiger partial charge on any atom is 0.0671 e. The van der Waals surface area contributed by atoms with Crippen molar-refractivity contribution >= 4 is 0 Å². The zero-order valence-electron chi connectivity index (χ0n) is 13.6. The van der Waals surface area contributed by atoms with E-state index in [0.717, 1.165) is 12.8 Å². The van der Waals surface area contributed by atoms with Crippen molar-refractivity contribution in [3.8, 4) is 0 Å². The molecule has 0 radical (unpaired) electrons. The van der Waals surface area contributed by atoms with Gasteiger partial charge in [-0.05, 0) is 37.2 Å². The summed E-state index contributed by atoms with van der Waals surface area (Å²) < 4.78 is 0. The molecule has 0 spiro atoms. The number of hydrogen-bond acceptors (Lipinski definition) is 1. The summed E-state index contributed by atoms with van der Waals surface area (Å²) in [6, 6.07) is 10.5. The predicted molar refractivity (Wildman–Crippen MR) is 90.4 cm³/mol. The van der Waals surface area contributed by atoms with E-state index in [9.17, 15) is 5.11 Å². The lowest BCUT2D eigenvalue weighted by atomic mass is 9.77. The molecule has 1 saturated carbocycles. The maximum atomic E-state index is 11.0. The summed E-state index contributed by atoms with van der Waals surface area (Å²) in [5, 5.41) is 11.0. The van der Waals surface area contributed by atoms with Gasteiger partial charge < -0.3 is 5.11 Å². The Morgan fingerprint density at radius 2 is 1.71 bits per heavy atom. The number of benzene rings is 1. The molecule has 1 heteroatoms. The van der Waals surface area contributed by atoms with E-state index in [1.54, 1.807) is 0 Å². The van der Waals surface area contributed by atoms with Gasteiger partial charge in [0.2, 0.25) is 0 Å². The second kappa shape index (κ2) is 8.38. The van der Waals surface area contributed by atoms with Gasteiger partial charge >= 0.3 is 0 Å². The van der Waals surface area contributed by atoms with Crippen molar-refractivity contribution in [1.82, 2.24) is 0 Å². The fourth-order valence-corrected chi connectivity index (χ4v) is 3.58. The van der Waals surface area contributed by atoms with Crippen LogP contribution < -0.4 is 0 Å². The van der Waals surface area contributed by atoms with Gasteiger partial charge in [-0.3, -0.25) is 0 Å². The van der Waals surface area contributed by atoms with E-state index < -0.39 is 0 Å². The second-order valence-electron chi connectivity index (χ2n) is 6.36. The van der Waals surface area contributed by atoms with Crippen LogP contribution in [0.3, 0.4) is 0 Å². The third-order valence-corrected chi connectivity index (χ3v) is 5.01. The minimum Gasteiger partial charge on any atom is -0.392 e. The number of aliphatic hydroxyl groups excluding tert-OH is 1. The monoisotopic (exact) mass is 286 g/mol. The zero-order valence-corrected chi connectivity index (χ0v) is 13.6. The van der Waals surface area contributed by atoms with Crippen LogP contribution in [0.5, 0.6) is 0 Å². The highest BCUT2D eigenvalue weighted by atomic mass is 16.3. The minimum atomic E-state index is -0.235. The third-order valence-electron chi connectivity index (χ3n) is 5.01. The van der Waals surface area contributed by atoms with Crippen LogP contribution in [0, 0.1) is 5.92 Å². The summed E-state index contributed by atoms with van der Waals surface area (Å²) in [4.78, 5) is 0. The fourth-order valence-electron chi connectivity index (χ4n) is 3.58. The van der Waals surface area contributed by atoms with E-state index in [1.807, 2.05) is 0 Å². The Labute approximate surface area is 130 Å². The summed E-state index contributed by atoms with van der Waals surface area (Å²) in [6.45, 7) is 4.43. The zero-order chi connectivity index (χ0) is 15.1. The van der Waals surface area contributed by atoms with E-state index >= 15 is 0 Å². The van der Waals surface area contributed by atoms with Crippen LogP contribution >= 0.6 is 0 Å². The summed E-state index contributed by atoms with van der Waals surface area (Å²) >= 11 is 0. The second-order valence-corrected chi connectivity index (χ2v) is 6.36. The average molecular weight is 286 g/mol. The quantitative estimate of drug-likeness (QED) is 0.689. The summed E-state index contributed by atoms with van der Waals surface area (Å²) in [6.07, 6.45) is 10.5. The largest absolute Gasteiger partial charge is 0.392 e. The molecule has 0 aliphatic heterocycles. The van der Waals surface area contributed by atoms with E-state index in [4.69, 9.17) is 0 Å². The van der Waals surface area contributed by atoms with E-state index in [-0.39, 0.29) is 12.0 Å². The van der Waals surface area contributed by atoms with Crippen LogP contribution in [-0.4, -0.2) is 11.2 Å². The van der Waals surface area contributed by atoms with E-state index in [0.29, 0.717) is 5.92 Å². The predicted octanol–water partition coefficient (Wildman–Crippen LogP) is 5.46. The summed E-state index contributed by atoms with van der Waals surface area (Å²) in [7, 11) is 0. The van der Waals surface area contributed by atoms with Crippen LogP contribution in [0.25, 0.3) is 0 Å². The van der Waals surface area contributed by atoms with Crippen LogP contribution in [0.15, 0.2) is 42.0 Å². The Hall–Kier alpha value is -1.08. The van der Waals surface area contributed by atoms with Gasteiger partial charge in [-0.25, -0.2) is 0 Å². The average Bonchev–Trinajstić information content (AvgIpc) is 2.57. The summed E-state index contributed by atoms with van der Waals surface area (Å²) in [5.74, 6) is 0.624. The standard InChI is InChI=1S/C20H30O/c1-3-16(4-2)15-19(17-11-7-5-8-12-17)20(21)18-13-9-6-10-14-18/h5,7-8,11-12,15,18-21H,3-4,6,9-10,13-14H2,1-2H3/t19-,20-/m0/s1. The fraction of sp³-hybridized carbons (Fsp3) is 0.600. The number of aliphatic hydroxyl groups is 1. The molecule has 1 aromatic rings. The van der Waals surface area contributed by atoms with Gasteiger partial charge in [0, 0.05) is 5.92 Å². The smallest absolute Gasteiger partial charge is 0.0671 e. The highest BCUT2D eigenvalue weighted by Crippen LogP contribution is 2.35. The normalized spacial score (nSPS) is 19.0. The lowest BCUT2D eigenvalue weighted by molar-refractivity contribution is 0.0723. The molecule has 21 heavy (non-hydrogen) atoms. The number of hydrogen-bond donors (Lipinski definition) is 1.